The molecule has 2 aromatic carbocycles. The van der Waals surface area contributed by atoms with Crippen LogP contribution in [-0.2, 0) is 24.1 Å². The molecule has 1 aliphatic carbocycles. The van der Waals surface area contributed by atoms with Gasteiger partial charge in [0.05, 0.1) is 17.7 Å². The number of aliphatic imine (C=N–C) groups is 1. The Morgan fingerprint density at radius 1 is 1.13 bits per heavy atom. The van der Waals surface area contributed by atoms with Crippen LogP contribution in [0.25, 0.3) is 0 Å². The average Bonchev–Trinajstić information content (AvgIpc) is 3.89. The molecule has 2 aromatic rings. The van der Waals surface area contributed by atoms with Gasteiger partial charge in [-0.3, -0.25) is 20.0 Å². The predicted octanol–water partition coefficient (Wildman–Crippen LogP) is 4.27. The monoisotopic (exact) mass is 715 g/mol. The van der Waals surface area contributed by atoms with Crippen molar-refractivity contribution in [1.82, 2.24) is 5.32 Å². The lowest BCUT2D eigenvalue weighted by Crippen LogP contribution is -3.12. The summed E-state index contributed by atoms with van der Waals surface area (Å²) in [6.45, 7) is 3.60. The summed E-state index contributed by atoms with van der Waals surface area (Å²) in [4.78, 5) is 18.8. The van der Waals surface area contributed by atoms with Crippen LogP contribution in [0.3, 0.4) is 0 Å². The van der Waals surface area contributed by atoms with Gasteiger partial charge in [0.25, 0.3) is 6.23 Å². The third-order valence-corrected chi connectivity index (χ3v) is 12.2. The number of nitrogens with zero attached hydrogens (tertiary/aromatic N) is 1. The lowest BCUT2D eigenvalue weighted by Gasteiger charge is -2.36. The largest absolute Gasteiger partial charge is 0.437 e. The predicted molar refractivity (Wildman–Crippen MR) is 203 cm³/mol. The molecule has 6 atom stereocenters. The molecule has 9 heteroatoms. The Balaban J connectivity index is 1.15. The molecule has 5 aliphatic heterocycles. The number of carbonyl (C=O) groups is 1. The van der Waals surface area contributed by atoms with Gasteiger partial charge in [0, 0.05) is 37.6 Å². The molecule has 0 radical (unpaired) electrons. The topological polar surface area (TPSA) is 131 Å². The van der Waals surface area contributed by atoms with Gasteiger partial charge in [-0.25, -0.2) is 0 Å². The van der Waals surface area contributed by atoms with E-state index in [4.69, 9.17) is 20.2 Å². The van der Waals surface area contributed by atoms with Crippen molar-refractivity contribution >= 4 is 12.0 Å². The lowest BCUT2D eigenvalue weighted by atomic mass is 9.73. The van der Waals surface area contributed by atoms with Gasteiger partial charge < -0.3 is 25.4 Å². The zero-order valence-corrected chi connectivity index (χ0v) is 30.7. The number of quaternary nitrogens is 1. The van der Waals surface area contributed by atoms with Gasteiger partial charge in [-0.05, 0) is 77.6 Å². The summed E-state index contributed by atoms with van der Waals surface area (Å²) in [6, 6.07) is 9.85. The summed E-state index contributed by atoms with van der Waals surface area (Å²) in [6.07, 6.45) is 15.0. The van der Waals surface area contributed by atoms with Crippen molar-refractivity contribution in [1.29, 1.82) is 0 Å². The molecule has 6 aliphatic rings. The first-order chi connectivity index (χ1) is 25.8. The number of aryl methyl sites for hydroxylation is 1. The molecule has 0 amide bonds. The molecule has 1 spiro atoms. The molecule has 6 N–H and O–H groups in total. The van der Waals surface area contributed by atoms with Crippen molar-refractivity contribution in [2.24, 2.45) is 22.1 Å². The van der Waals surface area contributed by atoms with Crippen LogP contribution in [0.2, 0.25) is 0 Å². The molecule has 6 unspecified atom stereocenters. The van der Waals surface area contributed by atoms with Crippen LogP contribution < -0.4 is 25.4 Å². The number of aliphatic hydroxyl groups is 2. The van der Waals surface area contributed by atoms with Gasteiger partial charge in [-0.2, -0.15) is 0 Å². The number of Topliss-reactive ketones (excluding diaryl/α,β-unsaturated/α-hetero) is 1. The van der Waals surface area contributed by atoms with E-state index in [1.165, 1.54) is 11.1 Å². The summed E-state index contributed by atoms with van der Waals surface area (Å²) >= 11 is 0. The number of aliphatic hydroxyl groups excluding tert-OH is 2. The van der Waals surface area contributed by atoms with E-state index in [9.17, 15) is 15.0 Å². The second-order valence-electron chi connectivity index (χ2n) is 15.7. The van der Waals surface area contributed by atoms with Gasteiger partial charge in [0.1, 0.15) is 42.4 Å². The number of benzene rings is 2. The molecular weight excluding hydrogens is 665 g/mol. The van der Waals surface area contributed by atoms with Crippen molar-refractivity contribution in [2.45, 2.75) is 115 Å². The molecule has 2 bridgehead atoms. The fourth-order valence-corrected chi connectivity index (χ4v) is 9.21. The van der Waals surface area contributed by atoms with Gasteiger partial charge in [-0.15, -0.1) is 0 Å². The van der Waals surface area contributed by atoms with Crippen molar-refractivity contribution in [3.8, 4) is 35.4 Å². The number of ketones is 1. The second kappa shape index (κ2) is 15.3. The van der Waals surface area contributed by atoms with Crippen LogP contribution in [0.1, 0.15) is 111 Å². The Labute approximate surface area is 312 Å². The van der Waals surface area contributed by atoms with E-state index >= 15 is 0 Å². The van der Waals surface area contributed by atoms with E-state index in [2.05, 4.69) is 42.3 Å². The highest BCUT2D eigenvalue weighted by molar-refractivity contribution is 5.87. The van der Waals surface area contributed by atoms with Crippen molar-refractivity contribution in [3.63, 3.8) is 0 Å². The lowest BCUT2D eigenvalue weighted by molar-refractivity contribution is -0.891. The number of nitrogens with two attached hydrogens (primary N) is 1. The molecule has 0 aromatic heterocycles. The number of unbranched alkanes of at least 4 members (excludes halogenated alkanes) is 2. The second-order valence-corrected chi connectivity index (χ2v) is 15.7. The van der Waals surface area contributed by atoms with Gasteiger partial charge in [0.15, 0.2) is 11.5 Å². The third kappa shape index (κ3) is 7.22. The average molecular weight is 716 g/mol. The highest BCUT2D eigenvalue weighted by atomic mass is 16.5. The van der Waals surface area contributed by atoms with Gasteiger partial charge >= 0.3 is 0 Å². The number of hydrogen-bond donors (Lipinski definition) is 5. The Kier molecular flexibility index (Phi) is 10.3. The van der Waals surface area contributed by atoms with Crippen LogP contribution in [-0.4, -0.2) is 47.6 Å². The maximum absolute atomic E-state index is 12.8. The number of rotatable bonds is 9. The van der Waals surface area contributed by atoms with Crippen LogP contribution in [0.4, 0.5) is 0 Å². The highest BCUT2D eigenvalue weighted by Gasteiger charge is 2.51. The number of hydrogen-bond acceptors (Lipinski definition) is 8. The zero-order valence-electron chi connectivity index (χ0n) is 30.7. The molecular formula is C44H51N4O5+. The molecule has 5 heterocycles. The molecule has 276 valence electrons. The third-order valence-electron chi connectivity index (χ3n) is 12.2. The van der Waals surface area contributed by atoms with E-state index in [1.807, 2.05) is 36.5 Å². The maximum atomic E-state index is 12.8. The first kappa shape index (κ1) is 35.8. The Bertz CT molecular complexity index is 1990. The molecule has 1 saturated carbocycles. The van der Waals surface area contributed by atoms with Crippen molar-refractivity contribution in [3.05, 3.63) is 81.2 Å². The van der Waals surface area contributed by atoms with Crippen LogP contribution in [0.15, 0.2) is 58.4 Å². The minimum Gasteiger partial charge on any atom is -0.437 e. The number of carbonyl (C=O) groups excluding carboxylic acids is 1. The van der Waals surface area contributed by atoms with Crippen LogP contribution in [0, 0.1) is 35.2 Å². The summed E-state index contributed by atoms with van der Waals surface area (Å²) in [5.41, 5.74) is 14.5. The number of nitrogens with one attached hydrogen (secondary N) is 2. The smallest absolute Gasteiger partial charge is 0.252 e. The Morgan fingerprint density at radius 3 is 2.83 bits per heavy atom. The summed E-state index contributed by atoms with van der Waals surface area (Å²) in [5, 5.41) is 25.7. The summed E-state index contributed by atoms with van der Waals surface area (Å²) < 4.78 is 13.3. The quantitative estimate of drug-likeness (QED) is 0.194. The zero-order chi connectivity index (χ0) is 36.5. The molecule has 1 fully saturated rings. The normalized spacial score (nSPS) is 26.6. The van der Waals surface area contributed by atoms with Gasteiger partial charge in [0.2, 0.25) is 0 Å². The minimum atomic E-state index is -1.00. The molecule has 9 nitrogen and oxygen atoms in total. The Hall–Kier alpha value is -4.22. The van der Waals surface area contributed by atoms with Crippen molar-refractivity contribution in [2.75, 3.05) is 13.1 Å². The number of ether oxygens (including phenoxy) is 2. The van der Waals surface area contributed by atoms with E-state index in [-0.39, 0.29) is 24.3 Å². The van der Waals surface area contributed by atoms with E-state index in [1.54, 1.807) is 0 Å². The summed E-state index contributed by atoms with van der Waals surface area (Å²) in [7, 11) is 0. The highest BCUT2D eigenvalue weighted by Crippen LogP contribution is 2.47. The number of allylic oxidation sites excluding steroid dienone is 1. The fourth-order valence-electron chi connectivity index (χ4n) is 9.21. The van der Waals surface area contributed by atoms with E-state index in [0.717, 1.165) is 96.3 Å². The van der Waals surface area contributed by atoms with Gasteiger partial charge in [-0.1, -0.05) is 75.0 Å². The summed E-state index contributed by atoms with van der Waals surface area (Å²) in [5.74, 6) is 11.3. The molecule has 53 heavy (non-hydrogen) atoms. The fraction of sp³-hybridized carbons (Fsp3) is 0.500. The van der Waals surface area contributed by atoms with Crippen LogP contribution in [0.5, 0.6) is 11.5 Å². The Morgan fingerprint density at radius 2 is 1.98 bits per heavy atom. The van der Waals surface area contributed by atoms with Crippen LogP contribution >= 0.6 is 0 Å². The van der Waals surface area contributed by atoms with Crippen molar-refractivity contribution < 1.29 is 29.4 Å². The van der Waals surface area contributed by atoms with E-state index in [0.29, 0.717) is 43.7 Å². The first-order valence-corrected chi connectivity index (χ1v) is 19.7. The molecule has 8 rings (SSSR count). The first-order valence-electron chi connectivity index (χ1n) is 19.7. The standard InChI is InChI=1S/C44H50N4O5/c1-2-3-4-7-30(49)24-31(50)10-8-28-9-15-40-41(22-28)53-43-37(44(19-21-52-40)17-5-6-18-44)13-14-39(51)33-11-12-34-32(16-20-46-42(34)45)35(33)23-29-25-47-38-27-48(43)26-36(29)38/h9,11-12,15,22,25,27,30,37,39,42-43,46,49,51H,2-8,10,16-18,20,23-24,26,45H2,1H3/p+1. The minimum absolute atomic E-state index is 0.0582. The molecule has 0 saturated heterocycles. The SMILES string of the molecule is CCCCCC(O)CC(=O)CCc1ccc2c(c1)OC1C(C#CC(O)c3ccc4c(c3CC3=C5C[NH+]1C=C5N=C3)CCNC4N)C1(C#CO2)CCCC1. The maximum Gasteiger partial charge on any atom is 0.252 e. The van der Waals surface area contributed by atoms with E-state index < -0.39 is 23.9 Å². The number of fused-ring (bicyclic) bond motifs is 8.